The van der Waals surface area contributed by atoms with Gasteiger partial charge < -0.3 is 9.84 Å². The highest BCUT2D eigenvalue weighted by Gasteiger charge is 2.23. The van der Waals surface area contributed by atoms with Crippen LogP contribution in [0, 0.1) is 0 Å². The fraction of sp³-hybridized carbons (Fsp3) is 0.286. The summed E-state index contributed by atoms with van der Waals surface area (Å²) in [6.07, 6.45) is 1.17. The Morgan fingerprint density at radius 2 is 2.29 bits per heavy atom. The summed E-state index contributed by atoms with van der Waals surface area (Å²) in [5.41, 5.74) is 1.12. The first kappa shape index (κ1) is 14.7. The van der Waals surface area contributed by atoms with E-state index in [-0.39, 0.29) is 11.6 Å². The number of aryl methyl sites for hydroxylation is 2. The van der Waals surface area contributed by atoms with E-state index in [0.29, 0.717) is 19.3 Å². The summed E-state index contributed by atoms with van der Waals surface area (Å²) in [5.74, 6) is 0.242. The molecule has 0 aliphatic carbocycles. The van der Waals surface area contributed by atoms with Crippen molar-refractivity contribution in [1.29, 1.82) is 0 Å². The third-order valence-electron chi connectivity index (χ3n) is 2.88. The number of ether oxygens (including phenoxy) is 1. The number of methoxy groups -OCH3 is 1. The van der Waals surface area contributed by atoms with Crippen molar-refractivity contribution in [2.75, 3.05) is 7.11 Å². The number of aldehydes is 1. The van der Waals surface area contributed by atoms with Crippen molar-refractivity contribution < 1.29 is 23.8 Å². The van der Waals surface area contributed by atoms with E-state index < -0.39 is 5.90 Å². The van der Waals surface area contributed by atoms with Gasteiger partial charge in [-0.2, -0.15) is 0 Å². The summed E-state index contributed by atoms with van der Waals surface area (Å²) in [6, 6.07) is 7.58. The van der Waals surface area contributed by atoms with Gasteiger partial charge in [-0.1, -0.05) is 18.2 Å². The highest BCUT2D eigenvalue weighted by atomic mass is 16.5. The van der Waals surface area contributed by atoms with Crippen LogP contribution in [0.25, 0.3) is 0 Å². The lowest BCUT2D eigenvalue weighted by molar-refractivity contribution is -0.762. The lowest BCUT2D eigenvalue weighted by Gasteiger charge is -2.04. The Hall–Kier alpha value is -2.70. The zero-order chi connectivity index (χ0) is 15.2. The second-order valence-corrected chi connectivity index (χ2v) is 4.30. The molecule has 110 valence electrons. The van der Waals surface area contributed by atoms with Gasteiger partial charge in [0.05, 0.1) is 7.11 Å². The van der Waals surface area contributed by atoms with Crippen molar-refractivity contribution >= 4 is 18.1 Å². The molecule has 0 bridgehead atoms. The molecule has 0 saturated carbocycles. The summed E-state index contributed by atoms with van der Waals surface area (Å²) in [6.45, 7) is 1.68. The summed E-state index contributed by atoms with van der Waals surface area (Å²) >= 11 is 0. The molecule has 7 nitrogen and oxygen atoms in total. The van der Waals surface area contributed by atoms with Crippen molar-refractivity contribution in [1.82, 2.24) is 5.27 Å². The van der Waals surface area contributed by atoms with Crippen LogP contribution >= 0.6 is 0 Å². The Bertz CT molecular complexity index is 660. The number of carbonyl (C=O) groups is 1. The number of hydrogen-bond donors (Lipinski definition) is 0. The number of para-hydroxylation sites is 1. The number of aromatic nitrogens is 2. The molecule has 0 aliphatic heterocycles. The van der Waals surface area contributed by atoms with Crippen molar-refractivity contribution in [3.8, 4) is 5.75 Å². The van der Waals surface area contributed by atoms with Crippen molar-refractivity contribution in [2.45, 2.75) is 19.9 Å². The van der Waals surface area contributed by atoms with E-state index in [0.717, 1.165) is 11.3 Å². The summed E-state index contributed by atoms with van der Waals surface area (Å²) in [7, 11) is 1.60. The second-order valence-electron chi connectivity index (χ2n) is 4.30. The molecule has 0 saturated heterocycles. The maximum absolute atomic E-state index is 11.1. The fourth-order valence-electron chi connectivity index (χ4n) is 1.92. The second kappa shape index (κ2) is 6.65. The van der Waals surface area contributed by atoms with Crippen molar-refractivity contribution in [2.24, 2.45) is 4.99 Å². The minimum absolute atomic E-state index is 0.0717. The average molecular weight is 289 g/mol. The zero-order valence-corrected chi connectivity index (χ0v) is 11.8. The molecule has 1 aromatic carbocycles. The molecular weight excluding hydrogens is 274 g/mol. The zero-order valence-electron chi connectivity index (χ0n) is 11.8. The van der Waals surface area contributed by atoms with Crippen molar-refractivity contribution in [3.05, 3.63) is 35.5 Å². The molecule has 2 rings (SSSR count). The van der Waals surface area contributed by atoms with Crippen LogP contribution in [0.15, 0.2) is 33.8 Å². The SMILES string of the molecule is COc1ccccc1CC[n+]1noc(/N=C(\C)[O-])c1C=O. The molecule has 1 heterocycles. The monoisotopic (exact) mass is 289 g/mol. The van der Waals surface area contributed by atoms with Gasteiger partial charge >= 0.3 is 11.6 Å². The number of benzene rings is 1. The smallest absolute Gasteiger partial charge is 0.339 e. The molecule has 0 spiro atoms. The largest absolute Gasteiger partial charge is 0.862 e. The molecule has 1 aromatic heterocycles. The molecule has 0 amide bonds. The molecular formula is C14H15N3O4. The molecule has 2 aromatic rings. The molecule has 0 radical (unpaired) electrons. The number of hydrogen-bond acceptors (Lipinski definition) is 6. The van der Waals surface area contributed by atoms with Crippen molar-refractivity contribution in [3.63, 3.8) is 0 Å². The minimum atomic E-state index is -0.453. The lowest BCUT2D eigenvalue weighted by Crippen LogP contribution is -2.40. The Morgan fingerprint density at radius 3 is 2.95 bits per heavy atom. The first-order valence-corrected chi connectivity index (χ1v) is 6.35. The minimum Gasteiger partial charge on any atom is -0.862 e. The maximum atomic E-state index is 11.1. The Labute approximate surface area is 121 Å². The van der Waals surface area contributed by atoms with Gasteiger partial charge in [0.25, 0.3) is 0 Å². The fourth-order valence-corrected chi connectivity index (χ4v) is 1.92. The third kappa shape index (κ3) is 3.44. The van der Waals surface area contributed by atoms with Crippen LogP contribution in [0.2, 0.25) is 0 Å². The predicted molar refractivity (Wildman–Crippen MR) is 71.6 cm³/mol. The van der Waals surface area contributed by atoms with Gasteiger partial charge in [-0.25, -0.2) is 4.99 Å². The van der Waals surface area contributed by atoms with E-state index in [1.807, 2.05) is 24.3 Å². The molecule has 0 N–H and O–H groups in total. The Morgan fingerprint density at radius 1 is 1.52 bits per heavy atom. The lowest BCUT2D eigenvalue weighted by atomic mass is 10.1. The van der Waals surface area contributed by atoms with Gasteiger partial charge in [0.15, 0.2) is 6.54 Å². The summed E-state index contributed by atoms with van der Waals surface area (Å²) in [4.78, 5) is 14.7. The average Bonchev–Trinajstić information content (AvgIpc) is 2.86. The number of aliphatic imine (C=N–C) groups is 1. The normalized spacial score (nSPS) is 11.4. The van der Waals surface area contributed by atoms with Gasteiger partial charge in [-0.05, 0) is 23.6 Å². The molecule has 0 unspecified atom stereocenters. The maximum Gasteiger partial charge on any atom is 0.339 e. The van der Waals surface area contributed by atoms with Crippen LogP contribution in [-0.2, 0) is 13.0 Å². The first-order chi connectivity index (χ1) is 10.2. The van der Waals surface area contributed by atoms with Gasteiger partial charge in [-0.15, -0.1) is 0 Å². The summed E-state index contributed by atoms with van der Waals surface area (Å²) in [5, 5.41) is 14.7. The third-order valence-corrected chi connectivity index (χ3v) is 2.88. The van der Waals surface area contributed by atoms with Gasteiger partial charge in [0.1, 0.15) is 5.75 Å². The van der Waals surface area contributed by atoms with Crippen LogP contribution in [0.4, 0.5) is 5.88 Å². The van der Waals surface area contributed by atoms with Gasteiger partial charge in [0.2, 0.25) is 11.6 Å². The van der Waals surface area contributed by atoms with E-state index in [4.69, 9.17) is 9.26 Å². The predicted octanol–water partition coefficient (Wildman–Crippen LogP) is 0.436. The van der Waals surface area contributed by atoms with E-state index in [1.54, 1.807) is 7.11 Å². The number of nitrogens with zero attached hydrogens (tertiary/aromatic N) is 3. The highest BCUT2D eigenvalue weighted by Crippen LogP contribution is 2.18. The number of rotatable bonds is 6. The van der Waals surface area contributed by atoms with Crippen LogP contribution in [0.1, 0.15) is 23.0 Å². The van der Waals surface area contributed by atoms with Crippen LogP contribution < -0.4 is 14.5 Å². The molecule has 0 aliphatic rings. The Kier molecular flexibility index (Phi) is 4.65. The van der Waals surface area contributed by atoms with Crippen LogP contribution in [0.3, 0.4) is 0 Å². The Balaban J connectivity index is 2.19. The van der Waals surface area contributed by atoms with Gasteiger partial charge in [-0.3, -0.25) is 9.32 Å². The van der Waals surface area contributed by atoms with E-state index in [1.165, 1.54) is 11.6 Å². The quantitative estimate of drug-likeness (QED) is 0.333. The summed E-state index contributed by atoms with van der Waals surface area (Å²) < 4.78 is 11.5. The molecule has 21 heavy (non-hydrogen) atoms. The van der Waals surface area contributed by atoms with Crippen LogP contribution in [-0.4, -0.2) is 24.6 Å². The van der Waals surface area contributed by atoms with Gasteiger partial charge in [0, 0.05) is 12.0 Å². The molecule has 0 atom stereocenters. The van der Waals surface area contributed by atoms with Crippen LogP contribution in [0.5, 0.6) is 5.75 Å². The van der Waals surface area contributed by atoms with E-state index >= 15 is 0 Å². The van der Waals surface area contributed by atoms with E-state index in [9.17, 15) is 9.90 Å². The number of carbonyl (C=O) groups excluding carboxylic acids is 1. The molecule has 7 heteroatoms. The standard InChI is InChI=1S/C14H15N3O4/c1-10(19)15-14-12(9-18)17(16-21-14)8-7-11-5-3-4-6-13(11)20-2/h3-6,9H,7-8H2,1-2H3. The molecule has 0 fully saturated rings. The first-order valence-electron chi connectivity index (χ1n) is 6.35. The highest BCUT2D eigenvalue weighted by molar-refractivity contribution is 5.79. The topological polar surface area (TPSA) is 91.6 Å². The van der Waals surface area contributed by atoms with E-state index in [2.05, 4.69) is 10.3 Å².